The van der Waals surface area contributed by atoms with Crippen molar-refractivity contribution in [2.75, 3.05) is 18.6 Å². The summed E-state index contributed by atoms with van der Waals surface area (Å²) in [5.41, 5.74) is 5.62. The van der Waals surface area contributed by atoms with Crippen LogP contribution in [-0.4, -0.2) is 38.9 Å². The minimum Gasteiger partial charge on any atom is -0.352 e. The molecule has 7 heteroatoms. The number of sulfone groups is 1. The van der Waals surface area contributed by atoms with E-state index in [1.165, 1.54) is 6.26 Å². The highest BCUT2D eigenvalue weighted by Gasteiger charge is 2.32. The van der Waals surface area contributed by atoms with E-state index < -0.39 is 9.84 Å². The molecule has 108 valence electrons. The van der Waals surface area contributed by atoms with Crippen molar-refractivity contribution < 1.29 is 13.2 Å². The van der Waals surface area contributed by atoms with Crippen LogP contribution in [0.15, 0.2) is 0 Å². The first-order chi connectivity index (χ1) is 7.83. The van der Waals surface area contributed by atoms with E-state index in [1.54, 1.807) is 6.92 Å². The van der Waals surface area contributed by atoms with Crippen LogP contribution in [0.25, 0.3) is 0 Å². The summed E-state index contributed by atoms with van der Waals surface area (Å²) in [7, 11) is -3.05. The largest absolute Gasteiger partial charge is 0.352 e. The molecular formula is C11H23ClN2O3S. The number of rotatable bonds is 5. The number of nitrogens with two attached hydrogens (primary N) is 1. The van der Waals surface area contributed by atoms with Crippen LogP contribution in [0.2, 0.25) is 0 Å². The zero-order valence-corrected chi connectivity index (χ0v) is 12.5. The molecule has 0 heterocycles. The van der Waals surface area contributed by atoms with Crippen LogP contribution in [0.5, 0.6) is 0 Å². The van der Waals surface area contributed by atoms with Crippen molar-refractivity contribution in [3.63, 3.8) is 0 Å². The summed E-state index contributed by atoms with van der Waals surface area (Å²) in [6, 6.07) is -0.337. The van der Waals surface area contributed by atoms with Crippen molar-refractivity contribution in [3.8, 4) is 0 Å². The third kappa shape index (κ3) is 5.54. The van der Waals surface area contributed by atoms with Crippen LogP contribution < -0.4 is 11.1 Å². The first kappa shape index (κ1) is 17.7. The highest BCUT2D eigenvalue weighted by Crippen LogP contribution is 2.30. The van der Waals surface area contributed by atoms with Gasteiger partial charge in [0.2, 0.25) is 5.91 Å². The van der Waals surface area contributed by atoms with E-state index in [0.29, 0.717) is 6.54 Å². The lowest BCUT2D eigenvalue weighted by Gasteiger charge is -2.20. The van der Waals surface area contributed by atoms with Gasteiger partial charge in [-0.15, -0.1) is 12.4 Å². The van der Waals surface area contributed by atoms with Crippen molar-refractivity contribution in [1.29, 1.82) is 0 Å². The van der Waals surface area contributed by atoms with Crippen LogP contribution in [0, 0.1) is 11.8 Å². The molecule has 3 N–H and O–H groups in total. The molecular weight excluding hydrogens is 276 g/mol. The molecule has 1 aliphatic carbocycles. The van der Waals surface area contributed by atoms with Gasteiger partial charge in [0.1, 0.15) is 9.84 Å². The van der Waals surface area contributed by atoms with E-state index in [-0.39, 0.29) is 41.9 Å². The van der Waals surface area contributed by atoms with Gasteiger partial charge in [0.05, 0.1) is 5.75 Å². The van der Waals surface area contributed by atoms with Crippen molar-refractivity contribution in [2.45, 2.75) is 32.2 Å². The van der Waals surface area contributed by atoms with Crippen LogP contribution in [0.3, 0.4) is 0 Å². The summed E-state index contributed by atoms with van der Waals surface area (Å²) in [4.78, 5) is 11.9. The van der Waals surface area contributed by atoms with Gasteiger partial charge in [-0.1, -0.05) is 6.42 Å². The smallest absolute Gasteiger partial charge is 0.223 e. The lowest BCUT2D eigenvalue weighted by molar-refractivity contribution is -0.126. The van der Waals surface area contributed by atoms with E-state index >= 15 is 0 Å². The van der Waals surface area contributed by atoms with Gasteiger partial charge in [0.25, 0.3) is 0 Å². The van der Waals surface area contributed by atoms with Crippen LogP contribution in [0.1, 0.15) is 26.2 Å². The molecule has 1 aliphatic rings. The normalized spacial score (nSPS) is 25.3. The second kappa shape index (κ2) is 7.31. The van der Waals surface area contributed by atoms with E-state index in [9.17, 15) is 13.2 Å². The number of hydrogen-bond acceptors (Lipinski definition) is 4. The van der Waals surface area contributed by atoms with E-state index in [1.807, 2.05) is 0 Å². The highest BCUT2D eigenvalue weighted by atomic mass is 35.5. The Morgan fingerprint density at radius 2 is 2.06 bits per heavy atom. The second-order valence-corrected chi connectivity index (χ2v) is 7.22. The molecule has 0 aromatic carbocycles. The molecule has 3 atom stereocenters. The molecule has 0 radical (unpaired) electrons. The van der Waals surface area contributed by atoms with E-state index in [4.69, 9.17) is 5.73 Å². The van der Waals surface area contributed by atoms with Gasteiger partial charge in [-0.2, -0.15) is 0 Å². The number of nitrogens with one attached hydrogen (secondary N) is 1. The van der Waals surface area contributed by atoms with Gasteiger partial charge in [0.15, 0.2) is 0 Å². The quantitative estimate of drug-likeness (QED) is 0.765. The summed E-state index contributed by atoms with van der Waals surface area (Å²) in [5.74, 6) is 0.148. The maximum Gasteiger partial charge on any atom is 0.223 e. The maximum atomic E-state index is 11.9. The number of halogens is 1. The Hall–Kier alpha value is -0.330. The summed E-state index contributed by atoms with van der Waals surface area (Å²) in [6.07, 6.45) is 4.06. The average molecular weight is 299 g/mol. The first-order valence-electron chi connectivity index (χ1n) is 6.01. The molecule has 0 aliphatic heterocycles. The van der Waals surface area contributed by atoms with Crippen LogP contribution in [0.4, 0.5) is 0 Å². The Labute approximate surface area is 115 Å². The van der Waals surface area contributed by atoms with Crippen molar-refractivity contribution in [1.82, 2.24) is 5.32 Å². The number of amides is 1. The second-order valence-electron chi connectivity index (χ2n) is 5.04. The molecule has 1 fully saturated rings. The van der Waals surface area contributed by atoms with Gasteiger partial charge >= 0.3 is 0 Å². The van der Waals surface area contributed by atoms with Gasteiger partial charge in [0, 0.05) is 18.2 Å². The van der Waals surface area contributed by atoms with Gasteiger partial charge < -0.3 is 11.1 Å². The SMILES string of the molecule is CC(CS(C)(=O)=O)NC(=O)[C@@H]1CCC[C@@H]1CN.Cl. The monoisotopic (exact) mass is 298 g/mol. The molecule has 0 bridgehead atoms. The standard InChI is InChI=1S/C11H22N2O3S.ClH/c1-8(7-17(2,15)16)13-11(14)10-5-3-4-9(10)6-12;/h8-10H,3-7,12H2,1-2H3,(H,13,14);1H/t8?,9-,10-;/m1./s1. The first-order valence-corrected chi connectivity index (χ1v) is 8.07. The Balaban J connectivity index is 0.00000289. The summed E-state index contributed by atoms with van der Waals surface area (Å²) in [5, 5.41) is 2.77. The van der Waals surface area contributed by atoms with Crippen LogP contribution >= 0.6 is 12.4 Å². The molecule has 1 unspecified atom stereocenters. The predicted octanol–water partition coefficient (Wildman–Crippen LogP) is 0.333. The van der Waals surface area contributed by atoms with Crippen molar-refractivity contribution >= 4 is 28.2 Å². The van der Waals surface area contributed by atoms with Gasteiger partial charge in [-0.05, 0) is 32.2 Å². The summed E-state index contributed by atoms with van der Waals surface area (Å²) >= 11 is 0. The lowest BCUT2D eigenvalue weighted by atomic mass is 9.95. The molecule has 1 rings (SSSR count). The Kier molecular flexibility index (Phi) is 7.17. The molecule has 0 aromatic heterocycles. The Bertz CT molecular complexity index is 372. The third-order valence-electron chi connectivity index (χ3n) is 3.24. The maximum absolute atomic E-state index is 11.9. The average Bonchev–Trinajstić information content (AvgIpc) is 2.61. The Morgan fingerprint density at radius 1 is 1.44 bits per heavy atom. The molecule has 1 saturated carbocycles. The van der Waals surface area contributed by atoms with Gasteiger partial charge in [-0.25, -0.2) is 8.42 Å². The molecule has 0 spiro atoms. The molecule has 0 saturated heterocycles. The highest BCUT2D eigenvalue weighted by molar-refractivity contribution is 7.90. The van der Waals surface area contributed by atoms with Crippen LogP contribution in [-0.2, 0) is 14.6 Å². The van der Waals surface area contributed by atoms with E-state index in [2.05, 4.69) is 5.32 Å². The number of carbonyl (C=O) groups is 1. The zero-order chi connectivity index (χ0) is 13.1. The van der Waals surface area contributed by atoms with Gasteiger partial charge in [-0.3, -0.25) is 4.79 Å². The minimum atomic E-state index is -3.05. The fraction of sp³-hybridized carbons (Fsp3) is 0.909. The lowest BCUT2D eigenvalue weighted by Crippen LogP contribution is -2.42. The zero-order valence-electron chi connectivity index (χ0n) is 10.9. The predicted molar refractivity (Wildman–Crippen MR) is 74.4 cm³/mol. The topological polar surface area (TPSA) is 89.3 Å². The fourth-order valence-electron chi connectivity index (χ4n) is 2.51. The molecule has 1 amide bonds. The number of carbonyl (C=O) groups excluding carboxylic acids is 1. The number of hydrogen-bond donors (Lipinski definition) is 2. The third-order valence-corrected chi connectivity index (χ3v) is 4.35. The van der Waals surface area contributed by atoms with Crippen molar-refractivity contribution in [2.24, 2.45) is 17.6 Å². The summed E-state index contributed by atoms with van der Waals surface area (Å²) in [6.45, 7) is 2.24. The summed E-state index contributed by atoms with van der Waals surface area (Å²) < 4.78 is 22.2. The van der Waals surface area contributed by atoms with E-state index in [0.717, 1.165) is 19.3 Å². The van der Waals surface area contributed by atoms with Crippen molar-refractivity contribution in [3.05, 3.63) is 0 Å². The minimum absolute atomic E-state index is 0. The molecule has 5 nitrogen and oxygen atoms in total. The fourth-order valence-corrected chi connectivity index (χ4v) is 3.50. The Morgan fingerprint density at radius 3 is 2.56 bits per heavy atom. The molecule has 18 heavy (non-hydrogen) atoms. The molecule has 0 aromatic rings.